The van der Waals surface area contributed by atoms with E-state index < -0.39 is 0 Å². The third-order valence-corrected chi connectivity index (χ3v) is 3.27. The molecule has 3 heteroatoms. The highest BCUT2D eigenvalue weighted by Crippen LogP contribution is 2.33. The van der Waals surface area contributed by atoms with Crippen LogP contribution in [0.3, 0.4) is 0 Å². The molecule has 0 aliphatic carbocycles. The summed E-state index contributed by atoms with van der Waals surface area (Å²) in [4.78, 5) is 2.06. The molecule has 1 aromatic carbocycles. The summed E-state index contributed by atoms with van der Waals surface area (Å²) in [5.41, 5.74) is 2.73. The molecule has 1 unspecified atom stereocenters. The van der Waals surface area contributed by atoms with Gasteiger partial charge < -0.3 is 4.90 Å². The molecule has 0 heterocycles. The predicted octanol–water partition coefficient (Wildman–Crippen LogP) is 3.03. The maximum absolute atomic E-state index is 6.16. The molecule has 75 valence electrons. The first kappa shape index (κ1) is 11.6. The summed E-state index contributed by atoms with van der Waals surface area (Å²) >= 11 is 6.16. The number of para-hydroxylation sites is 1. The Morgan fingerprint density at radius 2 is 2.07 bits per heavy atom. The lowest BCUT2D eigenvalue weighted by Crippen LogP contribution is -2.13. The summed E-state index contributed by atoms with van der Waals surface area (Å²) in [5, 5.41) is 0.809. The molecule has 1 aromatic rings. The number of hydrogen-bond donors (Lipinski definition) is 0. The third kappa shape index (κ3) is 2.31. The van der Waals surface area contributed by atoms with Gasteiger partial charge >= 0.3 is 0 Å². The molecule has 0 N–H and O–H groups in total. The monoisotopic (exact) mass is 224 g/mol. The minimum absolute atomic E-state index is 0.367. The van der Waals surface area contributed by atoms with Gasteiger partial charge in [-0.3, -0.25) is 0 Å². The first-order valence-electron chi connectivity index (χ1n) is 4.74. The van der Waals surface area contributed by atoms with Crippen LogP contribution in [-0.2, 0) is 0 Å². The van der Waals surface area contributed by atoms with Crippen LogP contribution in [0, 0.1) is 0 Å². The molecule has 3 radical (unpaired) electrons. The van der Waals surface area contributed by atoms with Gasteiger partial charge in [-0.1, -0.05) is 37.1 Å². The summed E-state index contributed by atoms with van der Waals surface area (Å²) in [5.74, 6) is 0. The molecule has 0 bridgehead atoms. The molecular formula is C11H15ClNSi. The summed E-state index contributed by atoms with van der Waals surface area (Å²) in [6, 6.07) is 6.03. The van der Waals surface area contributed by atoms with E-state index in [0.717, 1.165) is 17.1 Å². The lowest BCUT2D eigenvalue weighted by molar-refractivity contribution is 0.875. The van der Waals surface area contributed by atoms with Gasteiger partial charge in [0.05, 0.1) is 10.7 Å². The Kier molecular flexibility index (Phi) is 4.02. The Hall–Kier alpha value is -0.473. The van der Waals surface area contributed by atoms with E-state index in [9.17, 15) is 0 Å². The van der Waals surface area contributed by atoms with Crippen molar-refractivity contribution in [2.45, 2.75) is 18.9 Å². The summed E-state index contributed by atoms with van der Waals surface area (Å²) in [6.45, 7) is 2.15. The van der Waals surface area contributed by atoms with Crippen molar-refractivity contribution in [2.75, 3.05) is 19.0 Å². The van der Waals surface area contributed by atoms with Crippen LogP contribution < -0.4 is 4.90 Å². The van der Waals surface area contributed by atoms with Gasteiger partial charge in [-0.25, -0.2) is 0 Å². The van der Waals surface area contributed by atoms with Crippen LogP contribution in [0.4, 0.5) is 5.69 Å². The van der Waals surface area contributed by atoms with Crippen molar-refractivity contribution < 1.29 is 0 Å². The van der Waals surface area contributed by atoms with E-state index in [-0.39, 0.29) is 0 Å². The zero-order valence-electron chi connectivity index (χ0n) is 8.84. The fraction of sp³-hybridized carbons (Fsp3) is 0.455. The van der Waals surface area contributed by atoms with Crippen molar-refractivity contribution in [3.8, 4) is 0 Å². The van der Waals surface area contributed by atoms with E-state index in [2.05, 4.69) is 28.1 Å². The van der Waals surface area contributed by atoms with Crippen LogP contribution in [-0.4, -0.2) is 24.3 Å². The van der Waals surface area contributed by atoms with Crippen LogP contribution in [0.1, 0.15) is 24.4 Å². The fourth-order valence-corrected chi connectivity index (χ4v) is 2.09. The first-order valence-corrected chi connectivity index (χ1v) is 5.70. The minimum atomic E-state index is 0.367. The van der Waals surface area contributed by atoms with Crippen LogP contribution >= 0.6 is 11.6 Å². The zero-order valence-corrected chi connectivity index (χ0v) is 10.6. The number of benzene rings is 1. The van der Waals surface area contributed by atoms with E-state index in [0.29, 0.717) is 5.54 Å². The van der Waals surface area contributed by atoms with Crippen molar-refractivity contribution in [1.29, 1.82) is 0 Å². The largest absolute Gasteiger partial charge is 0.376 e. The van der Waals surface area contributed by atoms with Gasteiger partial charge in [0.1, 0.15) is 0 Å². The molecular weight excluding hydrogens is 210 g/mol. The average Bonchev–Trinajstić information content (AvgIpc) is 2.15. The second-order valence-corrected chi connectivity index (χ2v) is 4.64. The van der Waals surface area contributed by atoms with Crippen LogP contribution in [0.2, 0.25) is 5.02 Å². The summed E-state index contributed by atoms with van der Waals surface area (Å²) < 4.78 is 0. The summed E-state index contributed by atoms with van der Waals surface area (Å²) in [7, 11) is 7.73. The Labute approximate surface area is 94.5 Å². The molecule has 0 saturated carbocycles. The van der Waals surface area contributed by atoms with E-state index >= 15 is 0 Å². The molecule has 14 heavy (non-hydrogen) atoms. The molecule has 0 saturated heterocycles. The van der Waals surface area contributed by atoms with E-state index in [1.54, 1.807) is 0 Å². The molecule has 0 aliphatic rings. The zero-order chi connectivity index (χ0) is 10.7. The Bertz CT molecular complexity index is 312. The van der Waals surface area contributed by atoms with Gasteiger partial charge in [0, 0.05) is 24.3 Å². The Morgan fingerprint density at radius 3 is 2.57 bits per heavy atom. The third-order valence-electron chi connectivity index (χ3n) is 2.25. The van der Waals surface area contributed by atoms with Gasteiger partial charge in [0.2, 0.25) is 0 Å². The number of nitrogens with zero attached hydrogens (tertiary/aromatic N) is 1. The molecule has 0 aliphatic heterocycles. The smallest absolute Gasteiger partial charge is 0.0642 e. The molecule has 0 spiro atoms. The number of halogens is 1. The topological polar surface area (TPSA) is 3.24 Å². The molecule has 1 rings (SSSR count). The standard InChI is InChI=1S/C11H15ClNSi/c1-4-10(14)8-6-5-7-9(12)11(8)13(2)3/h5-7,10H,4H2,1-3H3. The number of rotatable bonds is 3. The highest BCUT2D eigenvalue weighted by atomic mass is 35.5. The fourth-order valence-electron chi connectivity index (χ4n) is 1.50. The van der Waals surface area contributed by atoms with Crippen molar-refractivity contribution >= 4 is 27.5 Å². The number of hydrogen-bond acceptors (Lipinski definition) is 1. The van der Waals surface area contributed by atoms with Crippen molar-refractivity contribution in [3.05, 3.63) is 28.8 Å². The first-order chi connectivity index (χ1) is 6.57. The molecule has 0 aromatic heterocycles. The van der Waals surface area contributed by atoms with Crippen molar-refractivity contribution in [3.63, 3.8) is 0 Å². The molecule has 0 fully saturated rings. The van der Waals surface area contributed by atoms with Gasteiger partial charge in [-0.2, -0.15) is 0 Å². The summed E-state index contributed by atoms with van der Waals surface area (Å²) in [6.07, 6.45) is 1.05. The lowest BCUT2D eigenvalue weighted by Gasteiger charge is -2.22. The van der Waals surface area contributed by atoms with Gasteiger partial charge in [-0.05, 0) is 17.2 Å². The maximum atomic E-state index is 6.16. The predicted molar refractivity (Wildman–Crippen MR) is 64.6 cm³/mol. The second-order valence-electron chi connectivity index (χ2n) is 3.53. The normalized spacial score (nSPS) is 12.6. The Balaban J connectivity index is 3.21. The van der Waals surface area contributed by atoms with Crippen molar-refractivity contribution in [1.82, 2.24) is 0 Å². The molecule has 1 atom stereocenters. The van der Waals surface area contributed by atoms with Crippen LogP contribution in [0.5, 0.6) is 0 Å². The minimum Gasteiger partial charge on any atom is -0.376 e. The van der Waals surface area contributed by atoms with Crippen LogP contribution in [0.15, 0.2) is 18.2 Å². The van der Waals surface area contributed by atoms with E-state index in [4.69, 9.17) is 11.6 Å². The highest BCUT2D eigenvalue weighted by molar-refractivity contribution is 6.33. The maximum Gasteiger partial charge on any atom is 0.0642 e. The van der Waals surface area contributed by atoms with Gasteiger partial charge in [-0.15, -0.1) is 0 Å². The number of anilines is 1. The second kappa shape index (κ2) is 4.85. The Morgan fingerprint density at radius 1 is 1.43 bits per heavy atom. The quantitative estimate of drug-likeness (QED) is 0.714. The van der Waals surface area contributed by atoms with Gasteiger partial charge in [0.15, 0.2) is 0 Å². The highest BCUT2D eigenvalue weighted by Gasteiger charge is 2.13. The van der Waals surface area contributed by atoms with Crippen molar-refractivity contribution in [2.24, 2.45) is 0 Å². The molecule has 0 amide bonds. The van der Waals surface area contributed by atoms with Crippen LogP contribution in [0.25, 0.3) is 0 Å². The van der Waals surface area contributed by atoms with E-state index in [1.165, 1.54) is 5.56 Å². The lowest BCUT2D eigenvalue weighted by atomic mass is 10.1. The SMILES string of the molecule is CCC([Si])c1cccc(Cl)c1N(C)C. The van der Waals surface area contributed by atoms with E-state index in [1.807, 2.05) is 26.2 Å². The molecule has 1 nitrogen and oxygen atoms in total. The average molecular weight is 225 g/mol. The van der Waals surface area contributed by atoms with Gasteiger partial charge in [0.25, 0.3) is 0 Å².